The number of nitrogens with one attached hydrogen (secondary N) is 2. The van der Waals surface area contributed by atoms with Gasteiger partial charge in [0.25, 0.3) is 0 Å². The Morgan fingerprint density at radius 3 is 2.36 bits per heavy atom. The third-order valence-corrected chi connectivity index (χ3v) is 4.13. The van der Waals surface area contributed by atoms with Crippen molar-refractivity contribution in [3.8, 4) is 0 Å². The summed E-state index contributed by atoms with van der Waals surface area (Å²) in [7, 11) is 0. The zero-order chi connectivity index (χ0) is 15.8. The molecular formula is C18H22N2OS. The van der Waals surface area contributed by atoms with E-state index in [2.05, 4.69) is 23.9 Å². The van der Waals surface area contributed by atoms with Crippen LogP contribution in [0.5, 0.6) is 0 Å². The zero-order valence-corrected chi connectivity index (χ0v) is 13.8. The van der Waals surface area contributed by atoms with Crippen molar-refractivity contribution in [3.63, 3.8) is 0 Å². The quantitative estimate of drug-likeness (QED) is 0.750. The van der Waals surface area contributed by atoms with E-state index >= 15 is 0 Å². The van der Waals surface area contributed by atoms with E-state index in [1.165, 1.54) is 5.56 Å². The minimum Gasteiger partial charge on any atom is -0.326 e. The highest BCUT2D eigenvalue weighted by Crippen LogP contribution is 2.18. The molecule has 0 saturated heterocycles. The SMILES string of the molecule is CC(C)NSc1ccc(NC(=O)CCc2ccccc2)cc1. The molecule has 4 heteroatoms. The summed E-state index contributed by atoms with van der Waals surface area (Å²) >= 11 is 1.60. The number of rotatable bonds is 7. The van der Waals surface area contributed by atoms with Gasteiger partial charge in [-0.05, 0) is 62.0 Å². The molecule has 0 heterocycles. The summed E-state index contributed by atoms with van der Waals surface area (Å²) in [6, 6.07) is 18.4. The molecule has 0 aliphatic carbocycles. The molecule has 0 radical (unpaired) electrons. The maximum Gasteiger partial charge on any atom is 0.224 e. The summed E-state index contributed by atoms with van der Waals surface area (Å²) in [5.41, 5.74) is 2.02. The molecule has 0 aromatic heterocycles. The molecule has 0 spiro atoms. The van der Waals surface area contributed by atoms with Gasteiger partial charge in [0, 0.05) is 23.0 Å². The smallest absolute Gasteiger partial charge is 0.224 e. The first-order chi connectivity index (χ1) is 10.6. The molecule has 2 aromatic rings. The molecule has 22 heavy (non-hydrogen) atoms. The summed E-state index contributed by atoms with van der Waals surface area (Å²) in [6.45, 7) is 4.21. The Morgan fingerprint density at radius 1 is 1.05 bits per heavy atom. The van der Waals surface area contributed by atoms with Gasteiger partial charge >= 0.3 is 0 Å². The second-order valence-corrected chi connectivity index (χ2v) is 6.34. The Bertz CT molecular complexity index is 582. The second kappa shape index (κ2) is 8.61. The van der Waals surface area contributed by atoms with Crippen LogP contribution >= 0.6 is 11.9 Å². The van der Waals surface area contributed by atoms with Crippen LogP contribution in [0.2, 0.25) is 0 Å². The lowest BCUT2D eigenvalue weighted by Gasteiger charge is -2.09. The van der Waals surface area contributed by atoms with Crippen molar-refractivity contribution in [2.45, 2.75) is 37.6 Å². The lowest BCUT2D eigenvalue weighted by Crippen LogP contribution is -2.14. The summed E-state index contributed by atoms with van der Waals surface area (Å²) in [5.74, 6) is 0.0459. The predicted octanol–water partition coefficient (Wildman–Crippen LogP) is 4.26. The van der Waals surface area contributed by atoms with Crippen LogP contribution in [0.1, 0.15) is 25.8 Å². The number of amides is 1. The number of aryl methyl sites for hydroxylation is 1. The molecule has 116 valence electrons. The molecule has 0 aliphatic rings. The Balaban J connectivity index is 1.79. The van der Waals surface area contributed by atoms with Crippen molar-refractivity contribution in [1.29, 1.82) is 0 Å². The number of hydrogen-bond acceptors (Lipinski definition) is 3. The van der Waals surface area contributed by atoms with Crippen molar-refractivity contribution in [2.24, 2.45) is 0 Å². The van der Waals surface area contributed by atoms with Gasteiger partial charge in [0.1, 0.15) is 0 Å². The Morgan fingerprint density at radius 2 is 1.73 bits per heavy atom. The fourth-order valence-electron chi connectivity index (χ4n) is 1.92. The van der Waals surface area contributed by atoms with Gasteiger partial charge < -0.3 is 5.32 Å². The van der Waals surface area contributed by atoms with Gasteiger partial charge in [-0.1, -0.05) is 30.3 Å². The van der Waals surface area contributed by atoms with Crippen LogP contribution in [-0.4, -0.2) is 11.9 Å². The lowest BCUT2D eigenvalue weighted by atomic mass is 10.1. The van der Waals surface area contributed by atoms with E-state index in [-0.39, 0.29) is 5.91 Å². The minimum absolute atomic E-state index is 0.0459. The van der Waals surface area contributed by atoms with Crippen LogP contribution < -0.4 is 10.0 Å². The normalized spacial score (nSPS) is 10.7. The Kier molecular flexibility index (Phi) is 6.49. The van der Waals surface area contributed by atoms with Crippen molar-refractivity contribution in [2.75, 3.05) is 5.32 Å². The minimum atomic E-state index is 0.0459. The number of benzene rings is 2. The van der Waals surface area contributed by atoms with Gasteiger partial charge in [0.05, 0.1) is 0 Å². The van der Waals surface area contributed by atoms with Crippen LogP contribution in [0.25, 0.3) is 0 Å². The van der Waals surface area contributed by atoms with Crippen LogP contribution in [0.3, 0.4) is 0 Å². The lowest BCUT2D eigenvalue weighted by molar-refractivity contribution is -0.116. The van der Waals surface area contributed by atoms with Gasteiger partial charge in [-0.15, -0.1) is 0 Å². The van der Waals surface area contributed by atoms with Gasteiger partial charge in [0.2, 0.25) is 5.91 Å². The fraction of sp³-hybridized carbons (Fsp3) is 0.278. The summed E-state index contributed by atoms with van der Waals surface area (Å²) in [6.07, 6.45) is 1.26. The fourth-order valence-corrected chi connectivity index (χ4v) is 2.56. The Labute approximate surface area is 136 Å². The van der Waals surface area contributed by atoms with Crippen LogP contribution in [0, 0.1) is 0 Å². The van der Waals surface area contributed by atoms with E-state index in [0.717, 1.165) is 17.0 Å². The van der Waals surface area contributed by atoms with Crippen LogP contribution in [-0.2, 0) is 11.2 Å². The molecule has 0 unspecified atom stereocenters. The first-order valence-corrected chi connectivity index (χ1v) is 8.31. The maximum absolute atomic E-state index is 12.0. The van der Waals surface area contributed by atoms with Crippen molar-refractivity contribution >= 4 is 23.5 Å². The van der Waals surface area contributed by atoms with E-state index in [1.54, 1.807) is 11.9 Å². The standard InChI is InChI=1S/C18H22N2OS/c1-14(2)20-22-17-11-9-16(10-12-17)19-18(21)13-8-15-6-4-3-5-7-15/h3-7,9-12,14,20H,8,13H2,1-2H3,(H,19,21). The zero-order valence-electron chi connectivity index (χ0n) is 13.0. The van der Waals surface area contributed by atoms with E-state index < -0.39 is 0 Å². The first-order valence-electron chi connectivity index (χ1n) is 7.49. The second-order valence-electron chi connectivity index (χ2n) is 5.43. The third-order valence-electron chi connectivity index (χ3n) is 3.03. The van der Waals surface area contributed by atoms with Gasteiger partial charge in [-0.25, -0.2) is 0 Å². The molecule has 2 aromatic carbocycles. The highest BCUT2D eigenvalue weighted by molar-refractivity contribution is 7.97. The van der Waals surface area contributed by atoms with E-state index in [0.29, 0.717) is 12.5 Å². The third kappa shape index (κ3) is 5.92. The van der Waals surface area contributed by atoms with Gasteiger partial charge in [-0.2, -0.15) is 0 Å². The van der Waals surface area contributed by atoms with Crippen LogP contribution in [0.15, 0.2) is 59.5 Å². The first kappa shape index (κ1) is 16.6. The van der Waals surface area contributed by atoms with Crippen molar-refractivity contribution in [1.82, 2.24) is 4.72 Å². The largest absolute Gasteiger partial charge is 0.326 e. The molecule has 3 nitrogen and oxygen atoms in total. The average Bonchev–Trinajstić information content (AvgIpc) is 2.53. The molecule has 0 saturated carbocycles. The topological polar surface area (TPSA) is 41.1 Å². The molecule has 0 atom stereocenters. The number of anilines is 1. The number of hydrogen-bond donors (Lipinski definition) is 2. The number of carbonyl (C=O) groups excluding carboxylic acids is 1. The van der Waals surface area contributed by atoms with E-state index in [4.69, 9.17) is 0 Å². The van der Waals surface area contributed by atoms with E-state index in [1.807, 2.05) is 54.6 Å². The van der Waals surface area contributed by atoms with E-state index in [9.17, 15) is 4.79 Å². The summed E-state index contributed by atoms with van der Waals surface area (Å²) in [5, 5.41) is 2.94. The monoisotopic (exact) mass is 314 g/mol. The summed E-state index contributed by atoms with van der Waals surface area (Å²) in [4.78, 5) is 13.1. The molecular weight excluding hydrogens is 292 g/mol. The van der Waals surface area contributed by atoms with Crippen molar-refractivity contribution < 1.29 is 4.79 Å². The molecule has 2 rings (SSSR count). The van der Waals surface area contributed by atoms with Gasteiger partial charge in [0.15, 0.2) is 0 Å². The Hall–Kier alpha value is -1.78. The molecule has 0 fully saturated rings. The highest BCUT2D eigenvalue weighted by Gasteiger charge is 2.03. The molecule has 2 N–H and O–H groups in total. The molecule has 0 bridgehead atoms. The summed E-state index contributed by atoms with van der Waals surface area (Å²) < 4.78 is 3.29. The van der Waals surface area contributed by atoms with Crippen LogP contribution in [0.4, 0.5) is 5.69 Å². The van der Waals surface area contributed by atoms with Crippen molar-refractivity contribution in [3.05, 3.63) is 60.2 Å². The maximum atomic E-state index is 12.0. The molecule has 0 aliphatic heterocycles. The predicted molar refractivity (Wildman–Crippen MR) is 94.0 cm³/mol. The molecule has 1 amide bonds. The number of carbonyl (C=O) groups is 1. The van der Waals surface area contributed by atoms with Gasteiger partial charge in [-0.3, -0.25) is 9.52 Å². The average molecular weight is 314 g/mol. The highest BCUT2D eigenvalue weighted by atomic mass is 32.2.